The number of nitrogens with two attached hydrogens (primary N) is 1. The molecule has 3 nitrogen and oxygen atoms in total. The van der Waals surface area contributed by atoms with E-state index < -0.39 is 6.04 Å². The molecule has 13 heavy (non-hydrogen) atoms. The topological polar surface area (TPSA) is 55.5 Å². The van der Waals surface area contributed by atoms with E-state index in [0.29, 0.717) is 5.75 Å². The first kappa shape index (κ1) is 10.5. The lowest BCUT2D eigenvalue weighted by Gasteiger charge is -2.14. The molecule has 1 rings (SSSR count). The monoisotopic (exact) mass is 245 g/mol. The van der Waals surface area contributed by atoms with Gasteiger partial charge in [-0.05, 0) is 12.1 Å². The summed E-state index contributed by atoms with van der Waals surface area (Å²) in [6.45, 7) is -0.0982. The smallest absolute Gasteiger partial charge is 0.124 e. The van der Waals surface area contributed by atoms with E-state index in [2.05, 4.69) is 15.9 Å². The Labute approximate surface area is 85.6 Å². The molecule has 0 radical (unpaired) electrons. The molecular weight excluding hydrogens is 234 g/mol. The predicted molar refractivity (Wildman–Crippen MR) is 54.7 cm³/mol. The number of methoxy groups -OCH3 is 1. The fraction of sp³-hybridized carbons (Fsp3) is 0.333. The number of halogens is 1. The van der Waals surface area contributed by atoms with Crippen LogP contribution in [0.25, 0.3) is 0 Å². The number of hydrogen-bond acceptors (Lipinski definition) is 3. The van der Waals surface area contributed by atoms with E-state index in [9.17, 15) is 0 Å². The van der Waals surface area contributed by atoms with Crippen LogP contribution in [0.15, 0.2) is 22.7 Å². The summed E-state index contributed by atoms with van der Waals surface area (Å²) in [6.07, 6.45) is 0. The summed E-state index contributed by atoms with van der Waals surface area (Å²) in [4.78, 5) is 0. The molecule has 0 aliphatic heterocycles. The Kier molecular flexibility index (Phi) is 3.71. The van der Waals surface area contributed by atoms with Gasteiger partial charge in [-0.15, -0.1) is 0 Å². The highest BCUT2D eigenvalue weighted by molar-refractivity contribution is 9.10. The Balaban J connectivity index is 3.14. The molecule has 1 aromatic carbocycles. The van der Waals surface area contributed by atoms with Crippen molar-refractivity contribution in [1.29, 1.82) is 0 Å². The maximum Gasteiger partial charge on any atom is 0.124 e. The van der Waals surface area contributed by atoms with Gasteiger partial charge in [-0.3, -0.25) is 0 Å². The molecule has 4 heteroatoms. The van der Waals surface area contributed by atoms with Crippen molar-refractivity contribution >= 4 is 15.9 Å². The van der Waals surface area contributed by atoms with E-state index >= 15 is 0 Å². The molecular formula is C9H12BrNO2. The quantitative estimate of drug-likeness (QED) is 0.848. The Morgan fingerprint density at radius 1 is 1.62 bits per heavy atom. The third-order valence-electron chi connectivity index (χ3n) is 1.80. The zero-order valence-corrected chi connectivity index (χ0v) is 8.91. The van der Waals surface area contributed by atoms with Crippen LogP contribution in [0.3, 0.4) is 0 Å². The highest BCUT2D eigenvalue weighted by Crippen LogP contribution is 2.30. The second kappa shape index (κ2) is 4.60. The van der Waals surface area contributed by atoms with E-state index in [0.717, 1.165) is 10.0 Å². The van der Waals surface area contributed by atoms with Gasteiger partial charge in [0, 0.05) is 10.0 Å². The van der Waals surface area contributed by atoms with Gasteiger partial charge in [0.15, 0.2) is 0 Å². The molecule has 0 saturated carbocycles. The zero-order valence-electron chi connectivity index (χ0n) is 7.33. The lowest BCUT2D eigenvalue weighted by Crippen LogP contribution is -2.16. The molecule has 0 aromatic heterocycles. The second-order valence-electron chi connectivity index (χ2n) is 2.64. The van der Waals surface area contributed by atoms with Crippen LogP contribution in [0.5, 0.6) is 5.75 Å². The zero-order chi connectivity index (χ0) is 9.84. The molecule has 72 valence electrons. The Morgan fingerprint density at radius 2 is 2.31 bits per heavy atom. The number of aliphatic hydroxyl groups is 1. The van der Waals surface area contributed by atoms with Gasteiger partial charge in [-0.25, -0.2) is 0 Å². The molecule has 3 N–H and O–H groups in total. The summed E-state index contributed by atoms with van der Waals surface area (Å²) in [7, 11) is 1.58. The van der Waals surface area contributed by atoms with Crippen molar-refractivity contribution in [3.05, 3.63) is 28.2 Å². The van der Waals surface area contributed by atoms with Crippen LogP contribution < -0.4 is 10.5 Å². The Hall–Kier alpha value is -0.580. The van der Waals surface area contributed by atoms with Gasteiger partial charge in [-0.1, -0.05) is 22.0 Å². The van der Waals surface area contributed by atoms with Crippen LogP contribution in [0.1, 0.15) is 11.6 Å². The van der Waals surface area contributed by atoms with Crippen LogP contribution in [-0.2, 0) is 0 Å². The van der Waals surface area contributed by atoms with Gasteiger partial charge < -0.3 is 15.6 Å². The lowest BCUT2D eigenvalue weighted by molar-refractivity contribution is 0.264. The van der Waals surface area contributed by atoms with Gasteiger partial charge in [0.1, 0.15) is 5.75 Å². The summed E-state index contributed by atoms with van der Waals surface area (Å²) in [5.74, 6) is 0.691. The molecule has 0 aliphatic carbocycles. The summed E-state index contributed by atoms with van der Waals surface area (Å²) in [6, 6.07) is 5.13. The molecule has 0 spiro atoms. The summed E-state index contributed by atoms with van der Waals surface area (Å²) in [5.41, 5.74) is 6.51. The fourth-order valence-corrected chi connectivity index (χ4v) is 1.79. The minimum Gasteiger partial charge on any atom is -0.496 e. The summed E-state index contributed by atoms with van der Waals surface area (Å²) in [5, 5.41) is 8.93. The van der Waals surface area contributed by atoms with Crippen molar-refractivity contribution in [2.24, 2.45) is 5.73 Å². The standard InChI is InChI=1S/C9H12BrNO2/c1-13-8-4-2-3-6(10)9(8)7(11)5-12/h2-4,7,12H,5,11H2,1H3/t7-/m0/s1. The highest BCUT2D eigenvalue weighted by Gasteiger charge is 2.13. The van der Waals surface area contributed by atoms with Crippen molar-refractivity contribution in [3.8, 4) is 5.75 Å². The number of hydrogen-bond donors (Lipinski definition) is 2. The average Bonchev–Trinajstić information content (AvgIpc) is 2.16. The largest absolute Gasteiger partial charge is 0.496 e. The van der Waals surface area contributed by atoms with E-state index in [1.807, 2.05) is 18.2 Å². The maximum absolute atomic E-state index is 8.93. The van der Waals surface area contributed by atoms with E-state index in [1.54, 1.807) is 7.11 Å². The Morgan fingerprint density at radius 3 is 2.85 bits per heavy atom. The number of ether oxygens (including phenoxy) is 1. The first-order chi connectivity index (χ1) is 6.20. The third-order valence-corrected chi connectivity index (χ3v) is 2.49. The van der Waals surface area contributed by atoms with Gasteiger partial charge >= 0.3 is 0 Å². The Bertz CT molecular complexity index is 291. The first-order valence-corrected chi connectivity index (χ1v) is 4.68. The average molecular weight is 246 g/mol. The third kappa shape index (κ3) is 2.21. The molecule has 0 fully saturated rings. The molecule has 0 saturated heterocycles. The molecule has 1 atom stereocenters. The molecule has 0 heterocycles. The summed E-state index contributed by atoms with van der Waals surface area (Å²) < 4.78 is 5.98. The molecule has 0 amide bonds. The normalized spacial score (nSPS) is 12.6. The van der Waals surface area contributed by atoms with Crippen LogP contribution in [-0.4, -0.2) is 18.8 Å². The van der Waals surface area contributed by atoms with Crippen LogP contribution in [0.2, 0.25) is 0 Å². The van der Waals surface area contributed by atoms with E-state index in [-0.39, 0.29) is 6.61 Å². The van der Waals surface area contributed by atoms with Crippen molar-refractivity contribution in [2.45, 2.75) is 6.04 Å². The number of benzene rings is 1. The van der Waals surface area contributed by atoms with Crippen molar-refractivity contribution < 1.29 is 9.84 Å². The van der Waals surface area contributed by atoms with Crippen LogP contribution >= 0.6 is 15.9 Å². The molecule has 0 unspecified atom stereocenters. The van der Waals surface area contributed by atoms with Crippen LogP contribution in [0.4, 0.5) is 0 Å². The second-order valence-corrected chi connectivity index (χ2v) is 3.50. The van der Waals surface area contributed by atoms with Crippen molar-refractivity contribution in [2.75, 3.05) is 13.7 Å². The SMILES string of the molecule is COc1cccc(Br)c1[C@@H](N)CO. The fourth-order valence-electron chi connectivity index (χ4n) is 1.15. The van der Waals surface area contributed by atoms with Gasteiger partial charge in [-0.2, -0.15) is 0 Å². The van der Waals surface area contributed by atoms with Gasteiger partial charge in [0.25, 0.3) is 0 Å². The lowest BCUT2D eigenvalue weighted by atomic mass is 10.1. The molecule has 0 bridgehead atoms. The van der Waals surface area contributed by atoms with Crippen LogP contribution in [0, 0.1) is 0 Å². The van der Waals surface area contributed by atoms with Gasteiger partial charge in [0.05, 0.1) is 19.8 Å². The summed E-state index contributed by atoms with van der Waals surface area (Å²) >= 11 is 3.36. The molecule has 0 aliphatic rings. The number of aliphatic hydroxyl groups excluding tert-OH is 1. The highest BCUT2D eigenvalue weighted by atomic mass is 79.9. The predicted octanol–water partition coefficient (Wildman–Crippen LogP) is 1.45. The maximum atomic E-state index is 8.93. The number of rotatable bonds is 3. The van der Waals surface area contributed by atoms with E-state index in [1.165, 1.54) is 0 Å². The van der Waals surface area contributed by atoms with E-state index in [4.69, 9.17) is 15.6 Å². The van der Waals surface area contributed by atoms with Gasteiger partial charge in [0.2, 0.25) is 0 Å². The van der Waals surface area contributed by atoms with Crippen molar-refractivity contribution in [3.63, 3.8) is 0 Å². The first-order valence-electron chi connectivity index (χ1n) is 3.89. The van der Waals surface area contributed by atoms with Crippen molar-refractivity contribution in [1.82, 2.24) is 0 Å². The minimum absolute atomic E-state index is 0.0982. The molecule has 1 aromatic rings. The minimum atomic E-state index is -0.412.